The average molecular weight is 584 g/mol. The maximum absolute atomic E-state index is 13.7. The van der Waals surface area contributed by atoms with Gasteiger partial charge in [0, 0.05) is 34.5 Å². The zero-order valence-corrected chi connectivity index (χ0v) is 24.2. The highest BCUT2D eigenvalue weighted by molar-refractivity contribution is 6.18. The van der Waals surface area contributed by atoms with Crippen LogP contribution in [0, 0.1) is 6.92 Å². The molecule has 4 aromatic rings. The lowest BCUT2D eigenvalue weighted by molar-refractivity contribution is -0.274. The van der Waals surface area contributed by atoms with Crippen LogP contribution >= 0.6 is 0 Å². The fourth-order valence-corrected chi connectivity index (χ4v) is 4.62. The van der Waals surface area contributed by atoms with E-state index < -0.39 is 29.8 Å². The van der Waals surface area contributed by atoms with E-state index in [1.54, 1.807) is 87.7 Å². The van der Waals surface area contributed by atoms with Gasteiger partial charge in [0.25, 0.3) is 0 Å². The number of methoxy groups -OCH3 is 1. The first-order valence-electron chi connectivity index (χ1n) is 13.3. The van der Waals surface area contributed by atoms with Crippen LogP contribution in [0.4, 0.5) is 13.2 Å². The van der Waals surface area contributed by atoms with Gasteiger partial charge in [-0.25, -0.2) is 4.79 Å². The molecule has 0 N–H and O–H groups in total. The first kappa shape index (κ1) is 30.5. The highest BCUT2D eigenvalue weighted by Gasteiger charge is 2.32. The number of alkyl halides is 3. The van der Waals surface area contributed by atoms with Crippen LogP contribution in [0.5, 0.6) is 17.2 Å². The van der Waals surface area contributed by atoms with Gasteiger partial charge in [-0.05, 0) is 82.6 Å². The summed E-state index contributed by atoms with van der Waals surface area (Å²) in [6, 6.07) is 17.2. The molecule has 0 aliphatic rings. The third-order valence-corrected chi connectivity index (χ3v) is 6.38. The van der Waals surface area contributed by atoms with Crippen molar-refractivity contribution in [3.63, 3.8) is 0 Å². The van der Waals surface area contributed by atoms with Gasteiger partial charge in [-0.1, -0.05) is 13.0 Å². The quantitative estimate of drug-likeness (QED) is 0.149. The third kappa shape index (κ3) is 6.87. The van der Waals surface area contributed by atoms with Crippen LogP contribution in [0.15, 0.2) is 66.7 Å². The Balaban J connectivity index is 1.83. The maximum Gasteiger partial charge on any atom is 0.573 e. The van der Waals surface area contributed by atoms with Crippen molar-refractivity contribution >= 4 is 22.7 Å². The third-order valence-electron chi connectivity index (χ3n) is 6.38. The fraction of sp³-hybridized carbons (Fsp3) is 0.312. The van der Waals surface area contributed by atoms with Crippen LogP contribution in [-0.2, 0) is 9.53 Å². The van der Waals surface area contributed by atoms with Crippen molar-refractivity contribution in [3.05, 3.63) is 83.6 Å². The molecule has 1 atom stereocenters. The van der Waals surface area contributed by atoms with Gasteiger partial charge in [-0.2, -0.15) is 0 Å². The summed E-state index contributed by atoms with van der Waals surface area (Å²) in [5.74, 6) is -0.336. The number of esters is 1. The Labute approximate surface area is 241 Å². The highest BCUT2D eigenvalue weighted by Crippen LogP contribution is 2.36. The lowest BCUT2D eigenvalue weighted by Crippen LogP contribution is -2.34. The van der Waals surface area contributed by atoms with Gasteiger partial charge in [0.15, 0.2) is 11.9 Å². The SMILES string of the molecule is CC[C@@H](Oc1cccc(-n2c(C)c(C(=O)c3ccc(OC)cc3)c3ccc(OC(F)(F)F)cc32)c1)C(=O)OC(C)(C)C. The molecule has 0 amide bonds. The van der Waals surface area contributed by atoms with Gasteiger partial charge in [0.1, 0.15) is 22.8 Å². The molecule has 0 saturated heterocycles. The van der Waals surface area contributed by atoms with Crippen molar-refractivity contribution in [1.29, 1.82) is 0 Å². The predicted octanol–water partition coefficient (Wildman–Crippen LogP) is 7.58. The predicted molar refractivity (Wildman–Crippen MR) is 152 cm³/mol. The van der Waals surface area contributed by atoms with Crippen molar-refractivity contribution in [3.8, 4) is 22.9 Å². The molecular weight excluding hydrogens is 551 g/mol. The molecule has 3 aromatic carbocycles. The summed E-state index contributed by atoms with van der Waals surface area (Å²) in [5, 5.41) is 0.439. The molecule has 0 aliphatic carbocycles. The standard InChI is InChI=1S/C32H32F3NO6/c1-7-27(30(38)42-31(3,4)5)40-23-10-8-9-21(17-23)36-19(2)28(29(37)20-11-13-22(39-6)14-12-20)25-16-15-24(18-26(25)36)41-32(33,34)35/h8-18,27H,7H2,1-6H3/t27-/m1/s1. The molecule has 1 aromatic heterocycles. The molecule has 0 saturated carbocycles. The number of hydrogen-bond donors (Lipinski definition) is 0. The summed E-state index contributed by atoms with van der Waals surface area (Å²) < 4.78 is 61.8. The fourth-order valence-electron chi connectivity index (χ4n) is 4.62. The van der Waals surface area contributed by atoms with E-state index in [4.69, 9.17) is 14.2 Å². The molecule has 0 aliphatic heterocycles. The first-order valence-corrected chi connectivity index (χ1v) is 13.3. The number of benzene rings is 3. The lowest BCUT2D eigenvalue weighted by Gasteiger charge is -2.24. The number of hydrogen-bond acceptors (Lipinski definition) is 6. The summed E-state index contributed by atoms with van der Waals surface area (Å²) >= 11 is 0. The minimum Gasteiger partial charge on any atom is -0.497 e. The molecule has 4 rings (SSSR count). The molecule has 222 valence electrons. The van der Waals surface area contributed by atoms with E-state index in [1.807, 2.05) is 0 Å². The van der Waals surface area contributed by atoms with E-state index in [0.717, 1.165) is 0 Å². The molecule has 7 nitrogen and oxygen atoms in total. The average Bonchev–Trinajstić information content (AvgIpc) is 3.20. The second-order valence-corrected chi connectivity index (χ2v) is 10.6. The lowest BCUT2D eigenvalue weighted by atomic mass is 10.0. The van der Waals surface area contributed by atoms with Crippen LogP contribution in [0.1, 0.15) is 55.7 Å². The van der Waals surface area contributed by atoms with Crippen molar-refractivity contribution in [1.82, 2.24) is 4.57 Å². The number of rotatable bonds is 9. The second-order valence-electron chi connectivity index (χ2n) is 10.6. The molecule has 10 heteroatoms. The summed E-state index contributed by atoms with van der Waals surface area (Å²) in [4.78, 5) is 26.4. The number of ether oxygens (including phenoxy) is 4. The second kappa shape index (κ2) is 11.8. The summed E-state index contributed by atoms with van der Waals surface area (Å²) in [5.41, 5.74) is 1.33. The van der Waals surface area contributed by atoms with Crippen molar-refractivity contribution in [2.24, 2.45) is 0 Å². The van der Waals surface area contributed by atoms with Crippen molar-refractivity contribution < 1.29 is 41.7 Å². The number of aromatic nitrogens is 1. The first-order chi connectivity index (χ1) is 19.7. The van der Waals surface area contributed by atoms with Gasteiger partial charge in [-0.3, -0.25) is 4.79 Å². The van der Waals surface area contributed by atoms with E-state index in [1.165, 1.54) is 25.3 Å². The van der Waals surface area contributed by atoms with Crippen LogP contribution in [0.25, 0.3) is 16.6 Å². The molecular formula is C32H32F3NO6. The van der Waals surface area contributed by atoms with E-state index in [-0.39, 0.29) is 5.78 Å². The van der Waals surface area contributed by atoms with E-state index in [2.05, 4.69) is 4.74 Å². The number of fused-ring (bicyclic) bond motifs is 1. The molecule has 0 fully saturated rings. The Morgan fingerprint density at radius 3 is 2.17 bits per heavy atom. The number of halogens is 3. The van der Waals surface area contributed by atoms with E-state index in [0.29, 0.717) is 51.3 Å². The number of carbonyl (C=O) groups excluding carboxylic acids is 2. The number of carbonyl (C=O) groups is 2. The Bertz CT molecular complexity index is 1600. The summed E-state index contributed by atoms with van der Waals surface area (Å²) in [7, 11) is 1.52. The molecule has 0 radical (unpaired) electrons. The van der Waals surface area contributed by atoms with Gasteiger partial charge in [0.2, 0.25) is 0 Å². The van der Waals surface area contributed by atoms with Crippen molar-refractivity contribution in [2.45, 2.75) is 59.1 Å². The Hall–Kier alpha value is -4.47. The normalized spacial score (nSPS) is 12.6. The van der Waals surface area contributed by atoms with Crippen LogP contribution < -0.4 is 14.2 Å². The number of nitrogens with zero attached hydrogens (tertiary/aromatic N) is 1. The molecule has 0 unspecified atom stereocenters. The highest BCUT2D eigenvalue weighted by atomic mass is 19.4. The minimum absolute atomic E-state index is 0.313. The smallest absolute Gasteiger partial charge is 0.497 e. The van der Waals surface area contributed by atoms with Gasteiger partial charge in [-0.15, -0.1) is 13.2 Å². The van der Waals surface area contributed by atoms with Crippen LogP contribution in [0.3, 0.4) is 0 Å². The number of ketones is 1. The van der Waals surface area contributed by atoms with E-state index in [9.17, 15) is 22.8 Å². The van der Waals surface area contributed by atoms with Gasteiger partial charge < -0.3 is 23.5 Å². The van der Waals surface area contributed by atoms with E-state index >= 15 is 0 Å². The largest absolute Gasteiger partial charge is 0.573 e. The topological polar surface area (TPSA) is 76.0 Å². The molecule has 1 heterocycles. The zero-order chi connectivity index (χ0) is 30.8. The molecule has 0 spiro atoms. The van der Waals surface area contributed by atoms with Gasteiger partial charge >= 0.3 is 12.3 Å². The Kier molecular flexibility index (Phi) is 8.56. The van der Waals surface area contributed by atoms with Crippen LogP contribution in [-0.4, -0.2) is 41.5 Å². The molecule has 42 heavy (non-hydrogen) atoms. The zero-order valence-electron chi connectivity index (χ0n) is 24.2. The van der Waals surface area contributed by atoms with Crippen LogP contribution in [0.2, 0.25) is 0 Å². The van der Waals surface area contributed by atoms with Crippen molar-refractivity contribution in [2.75, 3.05) is 7.11 Å². The monoisotopic (exact) mass is 583 g/mol. The Morgan fingerprint density at radius 2 is 1.57 bits per heavy atom. The van der Waals surface area contributed by atoms with Gasteiger partial charge in [0.05, 0.1) is 18.2 Å². The Morgan fingerprint density at radius 1 is 0.905 bits per heavy atom. The summed E-state index contributed by atoms with van der Waals surface area (Å²) in [6.07, 6.45) is -5.42. The molecule has 0 bridgehead atoms. The summed E-state index contributed by atoms with van der Waals surface area (Å²) in [6.45, 7) is 8.80. The minimum atomic E-state index is -4.90. The maximum atomic E-state index is 13.7.